The molecule has 2 rings (SSSR count). The molecule has 1 N–H and O–H groups in total. The number of amides is 1. The van der Waals surface area contributed by atoms with E-state index in [4.69, 9.17) is 0 Å². The number of carbonyl (C=O) groups is 1. The van der Waals surface area contributed by atoms with Gasteiger partial charge >= 0.3 is 0 Å². The van der Waals surface area contributed by atoms with Gasteiger partial charge in [-0.15, -0.1) is 23.7 Å². The van der Waals surface area contributed by atoms with Crippen molar-refractivity contribution in [1.82, 2.24) is 15.2 Å². The number of aromatic nitrogens is 1. The van der Waals surface area contributed by atoms with E-state index in [1.807, 2.05) is 25.8 Å². The lowest BCUT2D eigenvalue weighted by atomic mass is 10.0. The zero-order valence-corrected chi connectivity index (χ0v) is 12.8. The Labute approximate surface area is 118 Å². The summed E-state index contributed by atoms with van der Waals surface area (Å²) < 4.78 is 0. The van der Waals surface area contributed by atoms with Crippen molar-refractivity contribution in [3.8, 4) is 0 Å². The molecule has 102 valence electrons. The van der Waals surface area contributed by atoms with Crippen LogP contribution in [-0.4, -0.2) is 35.9 Å². The Morgan fingerprint density at radius 2 is 2.11 bits per heavy atom. The van der Waals surface area contributed by atoms with Gasteiger partial charge in [0, 0.05) is 25.0 Å². The number of hydrogen-bond acceptors (Lipinski definition) is 4. The van der Waals surface area contributed by atoms with Crippen LogP contribution >= 0.6 is 23.7 Å². The zero-order chi connectivity index (χ0) is 12.6. The summed E-state index contributed by atoms with van der Waals surface area (Å²) in [6.07, 6.45) is 0. The molecule has 0 radical (unpaired) electrons. The van der Waals surface area contributed by atoms with Gasteiger partial charge < -0.3 is 10.2 Å². The smallest absolute Gasteiger partial charge is 0.228 e. The molecule has 1 aliphatic rings. The van der Waals surface area contributed by atoms with Crippen LogP contribution in [0, 0.1) is 19.8 Å². The SMILES string of the molecule is Cc1nc(C)c(C(C)N(C)C(=O)C2CNC2)s1.Cl. The summed E-state index contributed by atoms with van der Waals surface area (Å²) in [4.78, 5) is 19.6. The second-order valence-electron chi connectivity index (χ2n) is 4.66. The maximum absolute atomic E-state index is 12.1. The number of rotatable bonds is 3. The van der Waals surface area contributed by atoms with Gasteiger partial charge in [0.25, 0.3) is 0 Å². The number of aryl methyl sites for hydroxylation is 2. The van der Waals surface area contributed by atoms with E-state index in [0.717, 1.165) is 23.8 Å². The molecule has 0 aromatic carbocycles. The van der Waals surface area contributed by atoms with Crippen LogP contribution < -0.4 is 5.32 Å². The maximum Gasteiger partial charge on any atom is 0.228 e. The van der Waals surface area contributed by atoms with E-state index in [1.165, 1.54) is 4.88 Å². The average molecular weight is 290 g/mol. The predicted molar refractivity (Wildman–Crippen MR) is 76.4 cm³/mol. The second kappa shape index (κ2) is 5.99. The Morgan fingerprint density at radius 1 is 1.50 bits per heavy atom. The highest BCUT2D eigenvalue weighted by atomic mass is 35.5. The van der Waals surface area contributed by atoms with Crippen molar-refractivity contribution in [3.05, 3.63) is 15.6 Å². The Balaban J connectivity index is 0.00000162. The molecule has 0 spiro atoms. The number of halogens is 1. The van der Waals surface area contributed by atoms with Gasteiger partial charge in [-0.1, -0.05) is 0 Å². The highest BCUT2D eigenvalue weighted by Crippen LogP contribution is 2.29. The monoisotopic (exact) mass is 289 g/mol. The van der Waals surface area contributed by atoms with Crippen LogP contribution in [0.3, 0.4) is 0 Å². The van der Waals surface area contributed by atoms with Crippen LogP contribution in [0.4, 0.5) is 0 Å². The second-order valence-corrected chi connectivity index (χ2v) is 5.90. The molecule has 1 aromatic rings. The van der Waals surface area contributed by atoms with Crippen molar-refractivity contribution in [2.75, 3.05) is 20.1 Å². The molecule has 0 bridgehead atoms. The van der Waals surface area contributed by atoms with Crippen LogP contribution in [0.25, 0.3) is 0 Å². The van der Waals surface area contributed by atoms with Gasteiger partial charge in [-0.25, -0.2) is 4.98 Å². The van der Waals surface area contributed by atoms with Crippen molar-refractivity contribution in [2.45, 2.75) is 26.8 Å². The molecule has 1 saturated heterocycles. The predicted octanol–water partition coefficient (Wildman–Crippen LogP) is 1.92. The molecule has 6 heteroatoms. The van der Waals surface area contributed by atoms with Crippen molar-refractivity contribution < 1.29 is 4.79 Å². The Bertz CT molecular complexity index is 431. The standard InChI is InChI=1S/C12H19N3OS.ClH/c1-7-11(17-9(3)14-7)8(2)15(4)12(16)10-5-13-6-10;/h8,10,13H,5-6H2,1-4H3;1H. The van der Waals surface area contributed by atoms with Gasteiger partial charge in [-0.3, -0.25) is 4.79 Å². The topological polar surface area (TPSA) is 45.2 Å². The minimum Gasteiger partial charge on any atom is -0.338 e. The molecule has 1 atom stereocenters. The van der Waals surface area contributed by atoms with Gasteiger partial charge in [-0.05, 0) is 20.8 Å². The third kappa shape index (κ3) is 2.84. The molecule has 1 aromatic heterocycles. The van der Waals surface area contributed by atoms with E-state index in [0.29, 0.717) is 0 Å². The van der Waals surface area contributed by atoms with Crippen molar-refractivity contribution in [2.24, 2.45) is 5.92 Å². The molecule has 0 aliphatic carbocycles. The van der Waals surface area contributed by atoms with Crippen molar-refractivity contribution in [1.29, 1.82) is 0 Å². The number of hydrogen-bond donors (Lipinski definition) is 1. The molecule has 1 aliphatic heterocycles. The zero-order valence-electron chi connectivity index (χ0n) is 11.2. The van der Waals surface area contributed by atoms with E-state index >= 15 is 0 Å². The summed E-state index contributed by atoms with van der Waals surface area (Å²) in [6.45, 7) is 7.72. The quantitative estimate of drug-likeness (QED) is 0.925. The minimum atomic E-state index is 0. The van der Waals surface area contributed by atoms with Gasteiger partial charge in [0.15, 0.2) is 0 Å². The largest absolute Gasteiger partial charge is 0.338 e. The van der Waals surface area contributed by atoms with Gasteiger partial charge in [0.05, 0.1) is 22.7 Å². The Morgan fingerprint density at radius 3 is 2.50 bits per heavy atom. The van der Waals surface area contributed by atoms with E-state index in [2.05, 4.69) is 17.2 Å². The summed E-state index contributed by atoms with van der Waals surface area (Å²) in [7, 11) is 1.89. The molecule has 4 nitrogen and oxygen atoms in total. The van der Waals surface area contributed by atoms with E-state index in [1.54, 1.807) is 11.3 Å². The van der Waals surface area contributed by atoms with Crippen molar-refractivity contribution in [3.63, 3.8) is 0 Å². The fourth-order valence-electron chi connectivity index (χ4n) is 2.05. The fourth-order valence-corrected chi connectivity index (χ4v) is 3.08. The van der Waals surface area contributed by atoms with Crippen LogP contribution in [0.5, 0.6) is 0 Å². The van der Waals surface area contributed by atoms with Crippen molar-refractivity contribution >= 4 is 29.7 Å². The van der Waals surface area contributed by atoms with Gasteiger partial charge in [-0.2, -0.15) is 0 Å². The molecule has 0 saturated carbocycles. The number of nitrogens with zero attached hydrogens (tertiary/aromatic N) is 2. The summed E-state index contributed by atoms with van der Waals surface area (Å²) in [5, 5.41) is 4.20. The normalized spacial score (nSPS) is 16.7. The highest BCUT2D eigenvalue weighted by molar-refractivity contribution is 7.11. The summed E-state index contributed by atoms with van der Waals surface area (Å²) in [5.74, 6) is 0.401. The Hall–Kier alpha value is -0.650. The number of carbonyl (C=O) groups excluding carboxylic acids is 1. The van der Waals surface area contributed by atoms with E-state index < -0.39 is 0 Å². The first kappa shape index (κ1) is 15.4. The first-order valence-electron chi connectivity index (χ1n) is 5.92. The van der Waals surface area contributed by atoms with Gasteiger partial charge in [0.2, 0.25) is 5.91 Å². The fraction of sp³-hybridized carbons (Fsp3) is 0.667. The van der Waals surface area contributed by atoms with E-state index in [-0.39, 0.29) is 30.3 Å². The summed E-state index contributed by atoms with van der Waals surface area (Å²) in [6, 6.07) is 0.120. The third-order valence-electron chi connectivity index (χ3n) is 3.38. The molecule has 2 heterocycles. The molecule has 1 amide bonds. The molecular weight excluding hydrogens is 270 g/mol. The van der Waals surface area contributed by atoms with Crippen LogP contribution in [0.1, 0.15) is 28.5 Å². The lowest BCUT2D eigenvalue weighted by Gasteiger charge is -2.33. The highest BCUT2D eigenvalue weighted by Gasteiger charge is 2.30. The summed E-state index contributed by atoms with van der Waals surface area (Å²) >= 11 is 1.68. The molecule has 18 heavy (non-hydrogen) atoms. The van der Waals surface area contributed by atoms with Gasteiger partial charge in [0.1, 0.15) is 0 Å². The summed E-state index contributed by atoms with van der Waals surface area (Å²) in [5.41, 5.74) is 1.05. The van der Waals surface area contributed by atoms with Crippen LogP contribution in [0.15, 0.2) is 0 Å². The Kier molecular flexibility index (Phi) is 5.13. The first-order valence-corrected chi connectivity index (χ1v) is 6.73. The average Bonchev–Trinajstić information content (AvgIpc) is 2.53. The minimum absolute atomic E-state index is 0. The third-order valence-corrected chi connectivity index (χ3v) is 4.62. The molecule has 1 fully saturated rings. The molecule has 1 unspecified atom stereocenters. The molecular formula is C12H20ClN3OS. The van der Waals surface area contributed by atoms with Crippen LogP contribution in [0.2, 0.25) is 0 Å². The first-order chi connectivity index (χ1) is 8.00. The van der Waals surface area contributed by atoms with E-state index in [9.17, 15) is 4.79 Å². The lowest BCUT2D eigenvalue weighted by molar-refractivity contribution is -0.137. The number of nitrogens with one attached hydrogen (secondary N) is 1. The lowest BCUT2D eigenvalue weighted by Crippen LogP contribution is -2.51. The number of thiazole rings is 1. The maximum atomic E-state index is 12.1. The van der Waals surface area contributed by atoms with Crippen LogP contribution in [-0.2, 0) is 4.79 Å².